The summed E-state index contributed by atoms with van der Waals surface area (Å²) < 4.78 is 5.27. The van der Waals surface area contributed by atoms with Gasteiger partial charge >= 0.3 is 0 Å². The van der Waals surface area contributed by atoms with Crippen LogP contribution in [0.5, 0.6) is 0 Å². The third kappa shape index (κ3) is 2.91. The van der Waals surface area contributed by atoms with Crippen LogP contribution in [-0.2, 0) is 14.3 Å². The minimum Gasteiger partial charge on any atom is -0.368 e. The van der Waals surface area contributed by atoms with E-state index in [1.807, 2.05) is 30.3 Å². The summed E-state index contributed by atoms with van der Waals surface area (Å²) in [5.41, 5.74) is 0.786. The average molecular weight is 233 g/mol. The van der Waals surface area contributed by atoms with Gasteiger partial charge in [0.2, 0.25) is 5.91 Å². The average Bonchev–Trinajstić information content (AvgIpc) is 2.90. The van der Waals surface area contributed by atoms with E-state index in [0.29, 0.717) is 6.61 Å². The highest BCUT2D eigenvalue weighted by atomic mass is 16.5. The highest BCUT2D eigenvalue weighted by Gasteiger charge is 2.25. The van der Waals surface area contributed by atoms with Gasteiger partial charge in [0.05, 0.1) is 0 Å². The molecule has 1 heterocycles. The summed E-state index contributed by atoms with van der Waals surface area (Å²) in [6, 6.07) is 8.58. The highest BCUT2D eigenvalue weighted by molar-refractivity contribution is 5.84. The lowest BCUT2D eigenvalue weighted by atomic mass is 10.1. The van der Waals surface area contributed by atoms with Crippen LogP contribution in [0.15, 0.2) is 30.3 Å². The fraction of sp³-hybridized carbons (Fsp3) is 0.385. The zero-order chi connectivity index (χ0) is 12.1. The second-order valence-corrected chi connectivity index (χ2v) is 4.03. The summed E-state index contributed by atoms with van der Waals surface area (Å²) >= 11 is 0. The van der Waals surface area contributed by atoms with Crippen molar-refractivity contribution in [3.63, 3.8) is 0 Å². The van der Waals surface area contributed by atoms with Gasteiger partial charge in [-0.25, -0.2) is 0 Å². The Morgan fingerprint density at radius 2 is 2.18 bits per heavy atom. The van der Waals surface area contributed by atoms with Crippen molar-refractivity contribution in [3.05, 3.63) is 35.9 Å². The quantitative estimate of drug-likeness (QED) is 0.795. The molecule has 0 saturated carbocycles. The Balaban J connectivity index is 2.00. The molecule has 1 saturated heterocycles. The minimum absolute atomic E-state index is 0.205. The van der Waals surface area contributed by atoms with Crippen LogP contribution in [-0.4, -0.2) is 24.9 Å². The van der Waals surface area contributed by atoms with Crippen LogP contribution >= 0.6 is 0 Å². The number of amides is 1. The van der Waals surface area contributed by atoms with Crippen LogP contribution in [0.2, 0.25) is 0 Å². The molecule has 1 aliphatic rings. The van der Waals surface area contributed by atoms with Crippen molar-refractivity contribution in [1.29, 1.82) is 0 Å². The maximum Gasteiger partial charge on any atom is 0.249 e. The van der Waals surface area contributed by atoms with E-state index in [-0.39, 0.29) is 5.91 Å². The lowest BCUT2D eigenvalue weighted by molar-refractivity contribution is -0.132. The van der Waals surface area contributed by atoms with Gasteiger partial charge in [0, 0.05) is 6.61 Å². The van der Waals surface area contributed by atoms with E-state index in [1.54, 1.807) is 0 Å². The molecule has 4 heteroatoms. The van der Waals surface area contributed by atoms with Crippen LogP contribution in [0.4, 0.5) is 0 Å². The third-order valence-corrected chi connectivity index (χ3v) is 2.81. The summed E-state index contributed by atoms with van der Waals surface area (Å²) in [6.07, 6.45) is 1.96. The molecule has 0 unspecified atom stereocenters. The number of nitrogens with one attached hydrogen (secondary N) is 1. The Kier molecular flexibility index (Phi) is 3.88. The molecule has 4 nitrogen and oxygen atoms in total. The molecule has 1 fully saturated rings. The van der Waals surface area contributed by atoms with Crippen LogP contribution in [0.1, 0.15) is 24.4 Å². The number of hydrogen-bond acceptors (Lipinski definition) is 3. The van der Waals surface area contributed by atoms with Crippen molar-refractivity contribution >= 4 is 12.2 Å². The molecule has 1 amide bonds. The van der Waals surface area contributed by atoms with Crippen LogP contribution in [0.25, 0.3) is 0 Å². The lowest BCUT2D eigenvalue weighted by Gasteiger charge is -2.15. The summed E-state index contributed by atoms with van der Waals surface area (Å²) in [7, 11) is 0. The normalized spacial score (nSPS) is 20.8. The topological polar surface area (TPSA) is 55.4 Å². The number of rotatable bonds is 4. The second kappa shape index (κ2) is 5.59. The molecular weight excluding hydrogens is 218 g/mol. The Bertz CT molecular complexity index is 385. The Morgan fingerprint density at radius 1 is 1.41 bits per heavy atom. The Hall–Kier alpha value is -1.68. The lowest BCUT2D eigenvalue weighted by Crippen LogP contribution is -2.37. The third-order valence-electron chi connectivity index (χ3n) is 2.81. The van der Waals surface area contributed by atoms with E-state index in [0.717, 1.165) is 24.7 Å². The fourth-order valence-corrected chi connectivity index (χ4v) is 1.89. The van der Waals surface area contributed by atoms with Crippen molar-refractivity contribution in [2.45, 2.75) is 25.0 Å². The smallest absolute Gasteiger partial charge is 0.249 e. The number of ether oxygens (including phenoxy) is 1. The Morgan fingerprint density at radius 3 is 2.76 bits per heavy atom. The summed E-state index contributed by atoms with van der Waals surface area (Å²) in [5.74, 6) is -0.205. The number of carbonyl (C=O) groups excluding carboxylic acids is 2. The molecule has 2 rings (SSSR count). The predicted octanol–water partition coefficient (Wildman–Crippen LogP) is 1.22. The van der Waals surface area contributed by atoms with Crippen molar-refractivity contribution < 1.29 is 14.3 Å². The first kappa shape index (κ1) is 11.8. The molecule has 0 radical (unpaired) electrons. The number of hydrogen-bond donors (Lipinski definition) is 1. The van der Waals surface area contributed by atoms with E-state index in [1.165, 1.54) is 0 Å². The molecule has 90 valence electrons. The fourth-order valence-electron chi connectivity index (χ4n) is 1.89. The summed E-state index contributed by atoms with van der Waals surface area (Å²) in [4.78, 5) is 22.8. The first-order valence-electron chi connectivity index (χ1n) is 5.73. The first-order chi connectivity index (χ1) is 8.31. The van der Waals surface area contributed by atoms with Gasteiger partial charge in [-0.05, 0) is 18.4 Å². The van der Waals surface area contributed by atoms with Gasteiger partial charge in [0.15, 0.2) is 0 Å². The van der Waals surface area contributed by atoms with Gasteiger partial charge < -0.3 is 14.8 Å². The maximum atomic E-state index is 11.8. The van der Waals surface area contributed by atoms with Crippen molar-refractivity contribution in [2.24, 2.45) is 0 Å². The maximum absolute atomic E-state index is 11.8. The molecule has 0 spiro atoms. The zero-order valence-corrected chi connectivity index (χ0v) is 9.46. The number of benzene rings is 1. The first-order valence-corrected chi connectivity index (χ1v) is 5.73. The van der Waals surface area contributed by atoms with E-state index in [9.17, 15) is 9.59 Å². The monoisotopic (exact) mass is 233 g/mol. The van der Waals surface area contributed by atoms with Gasteiger partial charge in [-0.3, -0.25) is 4.79 Å². The van der Waals surface area contributed by atoms with Crippen LogP contribution in [0.3, 0.4) is 0 Å². The molecule has 0 aromatic heterocycles. The molecule has 2 atom stereocenters. The molecule has 1 N–H and O–H groups in total. The molecule has 17 heavy (non-hydrogen) atoms. The van der Waals surface area contributed by atoms with Crippen LogP contribution in [0, 0.1) is 0 Å². The number of aldehydes is 1. The molecule has 0 aliphatic carbocycles. The summed E-state index contributed by atoms with van der Waals surface area (Å²) in [5, 5.41) is 2.69. The van der Waals surface area contributed by atoms with E-state index in [4.69, 9.17) is 4.74 Å². The standard InChI is InChI=1S/C13H15NO3/c15-9-11(10-5-2-1-3-6-10)14-13(16)12-7-4-8-17-12/h1-3,5-6,9,11-12H,4,7-8H2,(H,14,16)/t11-,12+/m0/s1. The predicted molar refractivity (Wildman–Crippen MR) is 62.4 cm³/mol. The van der Waals surface area contributed by atoms with Crippen molar-refractivity contribution in [3.8, 4) is 0 Å². The molecular formula is C13H15NO3. The van der Waals surface area contributed by atoms with E-state index >= 15 is 0 Å². The van der Waals surface area contributed by atoms with E-state index in [2.05, 4.69) is 5.32 Å². The van der Waals surface area contributed by atoms with Gasteiger partial charge in [-0.2, -0.15) is 0 Å². The van der Waals surface area contributed by atoms with Crippen molar-refractivity contribution in [2.75, 3.05) is 6.61 Å². The van der Waals surface area contributed by atoms with Crippen molar-refractivity contribution in [1.82, 2.24) is 5.32 Å². The molecule has 1 aromatic rings. The minimum atomic E-state index is -0.590. The molecule has 0 bridgehead atoms. The highest BCUT2D eigenvalue weighted by Crippen LogP contribution is 2.15. The molecule has 1 aliphatic heterocycles. The zero-order valence-electron chi connectivity index (χ0n) is 9.46. The van der Waals surface area contributed by atoms with Gasteiger partial charge in [0.25, 0.3) is 0 Å². The van der Waals surface area contributed by atoms with Crippen LogP contribution < -0.4 is 5.32 Å². The van der Waals surface area contributed by atoms with Gasteiger partial charge in [-0.1, -0.05) is 30.3 Å². The molecule has 1 aromatic carbocycles. The summed E-state index contributed by atoms with van der Waals surface area (Å²) in [6.45, 7) is 0.620. The van der Waals surface area contributed by atoms with Gasteiger partial charge in [0.1, 0.15) is 18.4 Å². The van der Waals surface area contributed by atoms with E-state index < -0.39 is 12.1 Å². The number of carbonyl (C=O) groups is 2. The SMILES string of the molecule is O=C[C@H](NC(=O)[C@H]1CCCO1)c1ccccc1. The second-order valence-electron chi connectivity index (χ2n) is 4.03. The largest absolute Gasteiger partial charge is 0.368 e. The van der Waals surface area contributed by atoms with Gasteiger partial charge in [-0.15, -0.1) is 0 Å². The Labute approximate surface area is 100.0 Å².